The Bertz CT molecular complexity index is 480. The first kappa shape index (κ1) is 12.7. The summed E-state index contributed by atoms with van der Waals surface area (Å²) in [5, 5.41) is 6.65. The van der Waals surface area contributed by atoms with Crippen molar-refractivity contribution in [1.82, 2.24) is 10.3 Å². The highest BCUT2D eigenvalue weighted by atomic mass is 79.9. The van der Waals surface area contributed by atoms with Crippen LogP contribution in [-0.4, -0.2) is 4.98 Å². The van der Waals surface area contributed by atoms with Gasteiger partial charge in [0, 0.05) is 28.1 Å². The van der Waals surface area contributed by atoms with Gasteiger partial charge in [-0.1, -0.05) is 34.1 Å². The Kier molecular flexibility index (Phi) is 3.97. The molecule has 2 aromatic rings. The molecule has 0 spiro atoms. The van der Waals surface area contributed by atoms with Crippen molar-refractivity contribution in [2.75, 3.05) is 0 Å². The molecule has 0 aliphatic carbocycles. The Morgan fingerprint density at radius 1 is 1.35 bits per heavy atom. The second kappa shape index (κ2) is 5.29. The van der Waals surface area contributed by atoms with Gasteiger partial charge >= 0.3 is 0 Å². The molecular formula is C13H15BrN2S. The Morgan fingerprint density at radius 3 is 2.76 bits per heavy atom. The molecule has 1 heterocycles. The zero-order chi connectivity index (χ0) is 12.3. The van der Waals surface area contributed by atoms with E-state index in [1.807, 2.05) is 17.6 Å². The fraction of sp³-hybridized carbons (Fsp3) is 0.308. The minimum absolute atomic E-state index is 0.0776. The number of hydrogen-bond donors (Lipinski definition) is 1. The monoisotopic (exact) mass is 310 g/mol. The lowest BCUT2D eigenvalue weighted by Crippen LogP contribution is -2.36. The maximum Gasteiger partial charge on any atom is 0.106 e. The molecule has 1 aromatic heterocycles. The minimum Gasteiger partial charge on any atom is -0.301 e. The number of halogens is 1. The number of benzene rings is 1. The van der Waals surface area contributed by atoms with Gasteiger partial charge in [-0.05, 0) is 25.5 Å². The molecule has 4 heteroatoms. The van der Waals surface area contributed by atoms with E-state index in [1.54, 1.807) is 11.3 Å². The second-order valence-corrected chi connectivity index (χ2v) is 6.22. The first-order valence-electron chi connectivity index (χ1n) is 5.48. The zero-order valence-corrected chi connectivity index (χ0v) is 12.3. The number of nitrogens with zero attached hydrogens (tertiary/aromatic N) is 1. The van der Waals surface area contributed by atoms with Crippen LogP contribution in [0.5, 0.6) is 0 Å². The molecule has 17 heavy (non-hydrogen) atoms. The van der Waals surface area contributed by atoms with Crippen LogP contribution in [-0.2, 0) is 12.1 Å². The first-order valence-corrected chi connectivity index (χ1v) is 7.15. The highest BCUT2D eigenvalue weighted by molar-refractivity contribution is 9.10. The van der Waals surface area contributed by atoms with E-state index in [9.17, 15) is 0 Å². The largest absolute Gasteiger partial charge is 0.301 e. The Hall–Kier alpha value is -0.710. The topological polar surface area (TPSA) is 24.9 Å². The zero-order valence-electron chi connectivity index (χ0n) is 9.90. The average molecular weight is 311 g/mol. The molecule has 2 nitrogen and oxygen atoms in total. The van der Waals surface area contributed by atoms with Gasteiger partial charge in [0.15, 0.2) is 0 Å². The lowest BCUT2D eigenvalue weighted by Gasteiger charge is -2.27. The summed E-state index contributed by atoms with van der Waals surface area (Å²) in [6, 6.07) is 8.30. The molecule has 1 aromatic carbocycles. The average Bonchev–Trinajstić information content (AvgIpc) is 2.80. The van der Waals surface area contributed by atoms with Crippen LogP contribution in [0.1, 0.15) is 24.4 Å². The van der Waals surface area contributed by atoms with Crippen molar-refractivity contribution in [3.63, 3.8) is 0 Å². The van der Waals surface area contributed by atoms with Crippen molar-refractivity contribution < 1.29 is 0 Å². The summed E-state index contributed by atoms with van der Waals surface area (Å²) in [6.07, 6.45) is 1.84. The number of thiazole rings is 1. The number of nitrogens with one attached hydrogen (secondary N) is 1. The number of aromatic nitrogens is 1. The third-order valence-corrected chi connectivity index (χ3v) is 4.18. The molecule has 0 saturated heterocycles. The van der Waals surface area contributed by atoms with Crippen LogP contribution in [0, 0.1) is 0 Å². The Balaban J connectivity index is 2.11. The molecule has 2 rings (SSSR count). The van der Waals surface area contributed by atoms with Crippen molar-refractivity contribution in [2.24, 2.45) is 0 Å². The molecule has 0 aliphatic heterocycles. The molecule has 0 radical (unpaired) electrons. The fourth-order valence-electron chi connectivity index (χ4n) is 1.70. The molecule has 0 atom stereocenters. The predicted molar refractivity (Wildman–Crippen MR) is 76.1 cm³/mol. The Morgan fingerprint density at radius 2 is 2.12 bits per heavy atom. The molecular weight excluding hydrogens is 296 g/mol. The smallest absolute Gasteiger partial charge is 0.106 e. The van der Waals surface area contributed by atoms with Crippen LogP contribution >= 0.6 is 27.3 Å². The van der Waals surface area contributed by atoms with Gasteiger partial charge in [0.1, 0.15) is 5.01 Å². The molecule has 0 unspecified atom stereocenters. The molecule has 0 fully saturated rings. The maximum absolute atomic E-state index is 4.28. The van der Waals surface area contributed by atoms with E-state index >= 15 is 0 Å². The lowest BCUT2D eigenvalue weighted by atomic mass is 9.94. The van der Waals surface area contributed by atoms with Gasteiger partial charge in [0.25, 0.3) is 0 Å². The van der Waals surface area contributed by atoms with E-state index in [0.717, 1.165) is 16.0 Å². The highest BCUT2D eigenvalue weighted by Gasteiger charge is 2.22. The van der Waals surface area contributed by atoms with Gasteiger partial charge < -0.3 is 5.32 Å². The predicted octanol–water partition coefficient (Wildman–Crippen LogP) is 3.93. The lowest BCUT2D eigenvalue weighted by molar-refractivity contribution is 0.399. The molecule has 0 amide bonds. The Labute approximate surface area is 114 Å². The van der Waals surface area contributed by atoms with E-state index in [2.05, 4.69) is 58.3 Å². The SMILES string of the molecule is CC(C)(NCc1nccs1)c1ccccc1Br. The van der Waals surface area contributed by atoms with Crippen LogP contribution in [0.25, 0.3) is 0 Å². The summed E-state index contributed by atoms with van der Waals surface area (Å²) in [7, 11) is 0. The van der Waals surface area contributed by atoms with E-state index in [-0.39, 0.29) is 5.54 Å². The standard InChI is InChI=1S/C13H15BrN2S/c1-13(2,10-5-3-4-6-11(10)14)16-9-12-15-7-8-17-12/h3-8,16H,9H2,1-2H3. The van der Waals surface area contributed by atoms with Gasteiger partial charge in [0.05, 0.1) is 0 Å². The third kappa shape index (κ3) is 3.15. The van der Waals surface area contributed by atoms with Gasteiger partial charge in [0.2, 0.25) is 0 Å². The van der Waals surface area contributed by atoms with E-state index < -0.39 is 0 Å². The highest BCUT2D eigenvalue weighted by Crippen LogP contribution is 2.28. The quantitative estimate of drug-likeness (QED) is 0.925. The summed E-state index contributed by atoms with van der Waals surface area (Å²) in [6.45, 7) is 5.16. The van der Waals surface area contributed by atoms with E-state index in [1.165, 1.54) is 5.56 Å². The van der Waals surface area contributed by atoms with Crippen LogP contribution in [0.15, 0.2) is 40.3 Å². The van der Waals surface area contributed by atoms with Gasteiger partial charge in [-0.25, -0.2) is 4.98 Å². The van der Waals surface area contributed by atoms with Crippen molar-refractivity contribution in [2.45, 2.75) is 25.9 Å². The summed E-state index contributed by atoms with van der Waals surface area (Å²) in [5.74, 6) is 0. The summed E-state index contributed by atoms with van der Waals surface area (Å²) in [4.78, 5) is 4.28. The van der Waals surface area contributed by atoms with Crippen LogP contribution in [0.3, 0.4) is 0 Å². The fourth-order valence-corrected chi connectivity index (χ4v) is 3.04. The first-order chi connectivity index (χ1) is 8.09. The van der Waals surface area contributed by atoms with Gasteiger partial charge in [-0.15, -0.1) is 11.3 Å². The van der Waals surface area contributed by atoms with Crippen molar-refractivity contribution >= 4 is 27.3 Å². The van der Waals surface area contributed by atoms with Crippen LogP contribution in [0.4, 0.5) is 0 Å². The van der Waals surface area contributed by atoms with Gasteiger partial charge in [-0.3, -0.25) is 0 Å². The van der Waals surface area contributed by atoms with Crippen LogP contribution < -0.4 is 5.32 Å². The second-order valence-electron chi connectivity index (χ2n) is 4.38. The summed E-state index contributed by atoms with van der Waals surface area (Å²) in [5.41, 5.74) is 1.18. The number of rotatable bonds is 4. The van der Waals surface area contributed by atoms with E-state index in [0.29, 0.717) is 0 Å². The molecule has 0 saturated carbocycles. The van der Waals surface area contributed by atoms with Crippen molar-refractivity contribution in [3.05, 3.63) is 50.9 Å². The molecule has 1 N–H and O–H groups in total. The molecule has 90 valence electrons. The van der Waals surface area contributed by atoms with Crippen LogP contribution in [0.2, 0.25) is 0 Å². The number of hydrogen-bond acceptors (Lipinski definition) is 3. The molecule has 0 bridgehead atoms. The van der Waals surface area contributed by atoms with Crippen molar-refractivity contribution in [1.29, 1.82) is 0 Å². The molecule has 0 aliphatic rings. The maximum atomic E-state index is 4.28. The third-order valence-electron chi connectivity index (χ3n) is 2.71. The summed E-state index contributed by atoms with van der Waals surface area (Å²) < 4.78 is 1.14. The van der Waals surface area contributed by atoms with Crippen molar-refractivity contribution in [3.8, 4) is 0 Å². The van der Waals surface area contributed by atoms with E-state index in [4.69, 9.17) is 0 Å². The van der Waals surface area contributed by atoms with Gasteiger partial charge in [-0.2, -0.15) is 0 Å². The minimum atomic E-state index is -0.0776. The normalized spacial score (nSPS) is 11.7. The summed E-state index contributed by atoms with van der Waals surface area (Å²) >= 11 is 5.28.